The first-order valence-corrected chi connectivity index (χ1v) is 9.71. The standard InChI is InChI=1S/C18H19N3O5S/c1-13-7-12-17(18(22)20-23)21(19-13)27(24,25)16-10-8-15(9-11-16)26-14-5-3-2-4-6-14/h2-6,8-11,17,23H,7,12H2,1H3,(H,20,22). The van der Waals surface area contributed by atoms with Crippen molar-refractivity contribution in [1.82, 2.24) is 9.89 Å². The summed E-state index contributed by atoms with van der Waals surface area (Å²) in [4.78, 5) is 11.8. The van der Waals surface area contributed by atoms with Crippen LogP contribution in [-0.4, -0.2) is 35.7 Å². The third kappa shape index (κ3) is 4.09. The first kappa shape index (κ1) is 18.9. The fraction of sp³-hybridized carbons (Fsp3) is 0.222. The van der Waals surface area contributed by atoms with Crippen molar-refractivity contribution >= 4 is 21.6 Å². The van der Waals surface area contributed by atoms with Crippen molar-refractivity contribution in [3.05, 3.63) is 54.6 Å². The largest absolute Gasteiger partial charge is 0.457 e. The highest BCUT2D eigenvalue weighted by atomic mass is 32.2. The minimum absolute atomic E-state index is 0.0305. The number of nitrogens with one attached hydrogen (secondary N) is 1. The van der Waals surface area contributed by atoms with Crippen LogP contribution in [0.5, 0.6) is 11.5 Å². The molecule has 1 aliphatic heterocycles. The zero-order chi connectivity index (χ0) is 19.4. The van der Waals surface area contributed by atoms with Gasteiger partial charge in [-0.15, -0.1) is 0 Å². The second-order valence-corrected chi connectivity index (χ2v) is 7.83. The lowest BCUT2D eigenvalue weighted by Crippen LogP contribution is -2.48. The summed E-state index contributed by atoms with van der Waals surface area (Å²) in [5.41, 5.74) is 2.09. The van der Waals surface area contributed by atoms with Gasteiger partial charge in [0.25, 0.3) is 15.9 Å². The number of carbonyl (C=O) groups excluding carboxylic acids is 1. The van der Waals surface area contributed by atoms with E-state index in [1.165, 1.54) is 29.7 Å². The van der Waals surface area contributed by atoms with E-state index in [9.17, 15) is 13.2 Å². The van der Waals surface area contributed by atoms with Gasteiger partial charge in [-0.05, 0) is 56.2 Å². The molecule has 0 radical (unpaired) electrons. The maximum atomic E-state index is 12.9. The summed E-state index contributed by atoms with van der Waals surface area (Å²) in [5.74, 6) is 0.283. The van der Waals surface area contributed by atoms with Gasteiger partial charge < -0.3 is 4.74 Å². The summed E-state index contributed by atoms with van der Waals surface area (Å²) in [6, 6.07) is 13.8. The molecule has 1 aliphatic rings. The number of hydroxylamine groups is 1. The van der Waals surface area contributed by atoms with E-state index in [1.54, 1.807) is 19.1 Å². The molecule has 9 heteroatoms. The fourth-order valence-corrected chi connectivity index (χ4v) is 4.16. The number of hydrazone groups is 1. The summed E-state index contributed by atoms with van der Waals surface area (Å²) in [6.07, 6.45) is 0.699. The highest BCUT2D eigenvalue weighted by Gasteiger charge is 2.37. The van der Waals surface area contributed by atoms with Crippen LogP contribution in [0, 0.1) is 0 Å². The maximum Gasteiger partial charge on any atom is 0.279 e. The fourth-order valence-electron chi connectivity index (χ4n) is 2.68. The Labute approximate surface area is 157 Å². The van der Waals surface area contributed by atoms with Gasteiger partial charge in [-0.1, -0.05) is 18.2 Å². The van der Waals surface area contributed by atoms with Crippen molar-refractivity contribution in [2.24, 2.45) is 5.10 Å². The van der Waals surface area contributed by atoms with E-state index in [-0.39, 0.29) is 11.3 Å². The lowest BCUT2D eigenvalue weighted by molar-refractivity contribution is -0.133. The van der Waals surface area contributed by atoms with E-state index < -0.39 is 22.0 Å². The maximum absolute atomic E-state index is 12.9. The molecule has 0 saturated carbocycles. The lowest BCUT2D eigenvalue weighted by atomic mass is 10.1. The predicted octanol–water partition coefficient (Wildman–Crippen LogP) is 2.51. The molecule has 27 heavy (non-hydrogen) atoms. The Morgan fingerprint density at radius 3 is 2.41 bits per heavy atom. The van der Waals surface area contributed by atoms with Gasteiger partial charge in [0.05, 0.1) is 4.90 Å². The van der Waals surface area contributed by atoms with Crippen LogP contribution in [0.25, 0.3) is 0 Å². The van der Waals surface area contributed by atoms with E-state index in [1.807, 2.05) is 18.2 Å². The molecule has 0 fully saturated rings. The van der Waals surface area contributed by atoms with E-state index in [4.69, 9.17) is 9.94 Å². The van der Waals surface area contributed by atoms with Gasteiger partial charge in [0.1, 0.15) is 17.5 Å². The van der Waals surface area contributed by atoms with Gasteiger partial charge >= 0.3 is 0 Å². The molecule has 0 saturated heterocycles. The van der Waals surface area contributed by atoms with Gasteiger partial charge in [-0.2, -0.15) is 17.9 Å². The molecule has 2 N–H and O–H groups in total. The van der Waals surface area contributed by atoms with Crippen molar-refractivity contribution in [3.8, 4) is 11.5 Å². The van der Waals surface area contributed by atoms with E-state index in [0.717, 1.165) is 4.41 Å². The molecule has 3 rings (SSSR count). The van der Waals surface area contributed by atoms with Crippen molar-refractivity contribution in [3.63, 3.8) is 0 Å². The Kier molecular flexibility index (Phi) is 5.43. The Balaban J connectivity index is 1.87. The molecule has 2 aromatic carbocycles. The second kappa shape index (κ2) is 7.77. The number of hydrogen-bond donors (Lipinski definition) is 2. The number of ether oxygens (including phenoxy) is 1. The topological polar surface area (TPSA) is 108 Å². The smallest absolute Gasteiger partial charge is 0.279 e. The molecule has 2 aromatic rings. The van der Waals surface area contributed by atoms with E-state index >= 15 is 0 Å². The summed E-state index contributed by atoms with van der Waals surface area (Å²) < 4.78 is 32.3. The Morgan fingerprint density at radius 2 is 1.78 bits per heavy atom. The normalized spacial score (nSPS) is 17.2. The van der Waals surface area contributed by atoms with Crippen molar-refractivity contribution in [2.75, 3.05) is 0 Å². The molecule has 1 atom stereocenters. The zero-order valence-electron chi connectivity index (χ0n) is 14.6. The number of hydrogen-bond acceptors (Lipinski definition) is 6. The molecule has 1 unspecified atom stereocenters. The average molecular weight is 389 g/mol. The molecular weight excluding hydrogens is 370 g/mol. The SMILES string of the molecule is CC1=NN(S(=O)(=O)c2ccc(Oc3ccccc3)cc2)C(C(=O)NO)CC1. The van der Waals surface area contributed by atoms with Gasteiger partial charge in [-0.3, -0.25) is 10.0 Å². The molecule has 8 nitrogen and oxygen atoms in total. The third-order valence-electron chi connectivity index (χ3n) is 4.08. The first-order chi connectivity index (χ1) is 12.9. The van der Waals surface area contributed by atoms with Crippen LogP contribution in [0.3, 0.4) is 0 Å². The number of benzene rings is 2. The summed E-state index contributed by atoms with van der Waals surface area (Å²) in [7, 11) is -4.07. The van der Waals surface area contributed by atoms with E-state index in [2.05, 4.69) is 5.10 Å². The molecular formula is C18H19N3O5S. The van der Waals surface area contributed by atoms with Gasteiger partial charge in [0.2, 0.25) is 0 Å². The van der Waals surface area contributed by atoms with Crippen molar-refractivity contribution in [1.29, 1.82) is 0 Å². The molecule has 1 amide bonds. The first-order valence-electron chi connectivity index (χ1n) is 8.27. The zero-order valence-corrected chi connectivity index (χ0v) is 15.4. The van der Waals surface area contributed by atoms with Crippen LogP contribution in [0.15, 0.2) is 64.6 Å². The Hall–Kier alpha value is -2.91. The van der Waals surface area contributed by atoms with Crippen LogP contribution in [-0.2, 0) is 14.8 Å². The van der Waals surface area contributed by atoms with Gasteiger partial charge in [0, 0.05) is 5.71 Å². The van der Waals surface area contributed by atoms with Crippen LogP contribution >= 0.6 is 0 Å². The van der Waals surface area contributed by atoms with Gasteiger partial charge in [0.15, 0.2) is 0 Å². The molecule has 0 spiro atoms. The van der Waals surface area contributed by atoms with E-state index in [0.29, 0.717) is 23.6 Å². The highest BCUT2D eigenvalue weighted by Crippen LogP contribution is 2.27. The summed E-state index contributed by atoms with van der Waals surface area (Å²) in [6.45, 7) is 1.69. The van der Waals surface area contributed by atoms with Crippen molar-refractivity contribution in [2.45, 2.75) is 30.7 Å². The molecule has 0 bridgehead atoms. The van der Waals surface area contributed by atoms with Crippen LogP contribution in [0.4, 0.5) is 0 Å². The molecule has 0 aliphatic carbocycles. The highest BCUT2D eigenvalue weighted by molar-refractivity contribution is 7.89. The average Bonchev–Trinajstić information content (AvgIpc) is 2.68. The monoisotopic (exact) mass is 389 g/mol. The summed E-state index contributed by atoms with van der Waals surface area (Å²) >= 11 is 0. The minimum Gasteiger partial charge on any atom is -0.457 e. The number of amides is 1. The third-order valence-corrected chi connectivity index (χ3v) is 5.77. The second-order valence-electron chi connectivity index (χ2n) is 6.03. The Bertz CT molecular complexity index is 943. The van der Waals surface area contributed by atoms with Crippen molar-refractivity contribution < 1.29 is 23.2 Å². The van der Waals surface area contributed by atoms with Crippen LogP contribution < -0.4 is 10.2 Å². The quantitative estimate of drug-likeness (QED) is 0.603. The Morgan fingerprint density at radius 1 is 1.15 bits per heavy atom. The van der Waals surface area contributed by atoms with Crippen LogP contribution in [0.1, 0.15) is 19.8 Å². The van der Waals surface area contributed by atoms with Gasteiger partial charge in [-0.25, -0.2) is 5.48 Å². The molecule has 0 aromatic heterocycles. The molecule has 142 valence electrons. The minimum atomic E-state index is -4.07. The predicted molar refractivity (Wildman–Crippen MR) is 98.0 cm³/mol. The lowest BCUT2D eigenvalue weighted by Gasteiger charge is -2.30. The molecule has 1 heterocycles. The number of carbonyl (C=O) groups is 1. The summed E-state index contributed by atoms with van der Waals surface area (Å²) in [5, 5.41) is 12.9. The number of sulfonamides is 1. The van der Waals surface area contributed by atoms with Crippen LogP contribution in [0.2, 0.25) is 0 Å². The number of rotatable bonds is 5. The number of para-hydroxylation sites is 1. The number of nitrogens with zero attached hydrogens (tertiary/aromatic N) is 2.